The van der Waals surface area contributed by atoms with Gasteiger partial charge in [0, 0.05) is 30.6 Å². The molecule has 4 aromatic carbocycles. The molecule has 0 aliphatic heterocycles. The van der Waals surface area contributed by atoms with E-state index in [0.29, 0.717) is 22.9 Å². The largest absolute Gasteiger partial charge is 0.497 e. The van der Waals surface area contributed by atoms with Gasteiger partial charge in [-0.05, 0) is 53.4 Å². The van der Waals surface area contributed by atoms with Crippen LogP contribution in [0.15, 0.2) is 114 Å². The Morgan fingerprint density at radius 3 is 2.13 bits per heavy atom. The number of ether oxygens (including phenoxy) is 1. The van der Waals surface area contributed by atoms with E-state index >= 15 is 0 Å². The van der Waals surface area contributed by atoms with Crippen molar-refractivity contribution in [2.24, 2.45) is 5.92 Å². The molecule has 0 bridgehead atoms. The number of halogens is 1. The maximum Gasteiger partial charge on any atom is 0.264 e. The molecule has 10 heteroatoms. The number of carbonyl (C=O) groups is 2. The Bertz CT molecular complexity index is 1680. The summed E-state index contributed by atoms with van der Waals surface area (Å²) < 4.78 is 34.6. The first-order valence-electron chi connectivity index (χ1n) is 14.7. The fourth-order valence-corrected chi connectivity index (χ4v) is 6.46. The lowest BCUT2D eigenvalue weighted by Crippen LogP contribution is -2.53. The average Bonchev–Trinajstić information content (AvgIpc) is 3.04. The Labute approximate surface area is 270 Å². The molecule has 0 saturated heterocycles. The molecule has 4 rings (SSSR count). The van der Waals surface area contributed by atoms with Crippen LogP contribution in [-0.4, -0.2) is 51.4 Å². The Kier molecular flexibility index (Phi) is 11.6. The molecule has 0 aliphatic rings. The Morgan fingerprint density at radius 1 is 0.844 bits per heavy atom. The van der Waals surface area contributed by atoms with E-state index in [-0.39, 0.29) is 35.4 Å². The first-order valence-corrected chi connectivity index (χ1v) is 16.5. The molecule has 0 saturated carbocycles. The van der Waals surface area contributed by atoms with Crippen molar-refractivity contribution in [1.29, 1.82) is 0 Å². The van der Waals surface area contributed by atoms with Gasteiger partial charge in [0.05, 0.1) is 17.7 Å². The van der Waals surface area contributed by atoms with Crippen LogP contribution in [-0.2, 0) is 32.6 Å². The van der Waals surface area contributed by atoms with Crippen LogP contribution >= 0.6 is 11.6 Å². The lowest BCUT2D eigenvalue weighted by molar-refractivity contribution is -0.140. The van der Waals surface area contributed by atoms with Gasteiger partial charge in [0.15, 0.2) is 0 Å². The van der Waals surface area contributed by atoms with E-state index < -0.39 is 28.5 Å². The molecule has 1 atom stereocenters. The zero-order valence-corrected chi connectivity index (χ0v) is 27.2. The van der Waals surface area contributed by atoms with E-state index in [2.05, 4.69) is 5.32 Å². The van der Waals surface area contributed by atoms with Crippen LogP contribution < -0.4 is 14.4 Å². The molecule has 1 N–H and O–H groups in total. The van der Waals surface area contributed by atoms with Gasteiger partial charge in [0.25, 0.3) is 10.0 Å². The third-order valence-electron chi connectivity index (χ3n) is 7.15. The number of sulfonamides is 1. The van der Waals surface area contributed by atoms with Crippen molar-refractivity contribution >= 4 is 39.1 Å². The lowest BCUT2D eigenvalue weighted by atomic mass is 10.0. The number of benzene rings is 4. The van der Waals surface area contributed by atoms with Crippen molar-refractivity contribution in [1.82, 2.24) is 10.2 Å². The van der Waals surface area contributed by atoms with E-state index in [0.717, 1.165) is 9.87 Å². The molecule has 0 heterocycles. The van der Waals surface area contributed by atoms with Crippen LogP contribution in [0.2, 0.25) is 5.02 Å². The Morgan fingerprint density at radius 2 is 1.49 bits per heavy atom. The van der Waals surface area contributed by atoms with Gasteiger partial charge in [-0.15, -0.1) is 0 Å². The van der Waals surface area contributed by atoms with Gasteiger partial charge in [0.2, 0.25) is 11.8 Å². The minimum atomic E-state index is -4.20. The lowest BCUT2D eigenvalue weighted by Gasteiger charge is -2.34. The number of hydrogen-bond acceptors (Lipinski definition) is 5. The highest BCUT2D eigenvalue weighted by molar-refractivity contribution is 7.92. The maximum atomic E-state index is 14.5. The second kappa shape index (κ2) is 15.6. The number of carbonyl (C=O) groups excluding carboxylic acids is 2. The van der Waals surface area contributed by atoms with Crippen molar-refractivity contribution < 1.29 is 22.7 Å². The fraction of sp³-hybridized carbons (Fsp3) is 0.257. The summed E-state index contributed by atoms with van der Waals surface area (Å²) in [6.45, 7) is 3.86. The predicted octanol–water partition coefficient (Wildman–Crippen LogP) is 5.96. The van der Waals surface area contributed by atoms with Gasteiger partial charge in [-0.1, -0.05) is 92.2 Å². The van der Waals surface area contributed by atoms with Crippen molar-refractivity contribution in [3.05, 3.63) is 125 Å². The highest BCUT2D eigenvalue weighted by atomic mass is 35.5. The van der Waals surface area contributed by atoms with Crippen LogP contribution in [0.4, 0.5) is 5.69 Å². The highest BCUT2D eigenvalue weighted by Gasteiger charge is 2.34. The van der Waals surface area contributed by atoms with E-state index in [1.807, 2.05) is 50.2 Å². The molecule has 4 aromatic rings. The Hall–Kier alpha value is -4.34. The second-order valence-electron chi connectivity index (χ2n) is 11.0. The third-order valence-corrected chi connectivity index (χ3v) is 9.17. The van der Waals surface area contributed by atoms with Gasteiger partial charge in [-0.3, -0.25) is 13.9 Å². The van der Waals surface area contributed by atoms with Crippen LogP contribution in [0.25, 0.3) is 0 Å². The van der Waals surface area contributed by atoms with Crippen molar-refractivity contribution in [2.45, 2.75) is 37.8 Å². The number of anilines is 1. The van der Waals surface area contributed by atoms with E-state index in [9.17, 15) is 18.0 Å². The molecule has 45 heavy (non-hydrogen) atoms. The van der Waals surface area contributed by atoms with E-state index in [1.165, 1.54) is 24.1 Å². The first-order chi connectivity index (χ1) is 21.6. The van der Waals surface area contributed by atoms with Crippen molar-refractivity contribution in [2.75, 3.05) is 24.5 Å². The molecule has 0 unspecified atom stereocenters. The molecular formula is C35H38ClN3O5S. The number of hydrogen-bond donors (Lipinski definition) is 1. The highest BCUT2D eigenvalue weighted by Crippen LogP contribution is 2.28. The zero-order valence-electron chi connectivity index (χ0n) is 25.6. The van der Waals surface area contributed by atoms with Gasteiger partial charge in [0.1, 0.15) is 18.3 Å². The molecule has 2 amide bonds. The molecule has 0 aromatic heterocycles. The molecule has 8 nitrogen and oxygen atoms in total. The number of amides is 2. The van der Waals surface area contributed by atoms with Crippen LogP contribution in [0.3, 0.4) is 0 Å². The standard InChI is InChI=1S/C35H38ClN3O5S/c1-26(2)23-37-35(41)33(21-27-12-6-4-7-13-27)38(24-28-14-10-15-29(36)20-28)34(40)25-39(30-16-11-17-31(22-30)44-3)45(42,43)32-18-8-5-9-19-32/h4-20,22,26,33H,21,23-25H2,1-3H3,(H,37,41)/t33-/m0/s1. The second-order valence-corrected chi connectivity index (χ2v) is 13.3. The monoisotopic (exact) mass is 647 g/mol. The SMILES string of the molecule is COc1cccc(N(CC(=O)N(Cc2cccc(Cl)c2)[C@@H](Cc2ccccc2)C(=O)NCC(C)C)S(=O)(=O)c2ccccc2)c1. The number of nitrogens with one attached hydrogen (secondary N) is 1. The summed E-state index contributed by atoms with van der Waals surface area (Å²) in [6, 6.07) is 30.0. The molecule has 0 aliphatic carbocycles. The smallest absolute Gasteiger partial charge is 0.264 e. The quantitative estimate of drug-likeness (QED) is 0.182. The number of rotatable bonds is 14. The number of methoxy groups -OCH3 is 1. The van der Waals surface area contributed by atoms with Crippen molar-refractivity contribution in [3.8, 4) is 5.75 Å². The zero-order chi connectivity index (χ0) is 32.4. The topological polar surface area (TPSA) is 96.0 Å². The van der Waals surface area contributed by atoms with Crippen LogP contribution in [0, 0.1) is 5.92 Å². The van der Waals surface area contributed by atoms with Gasteiger partial charge < -0.3 is 15.0 Å². The summed E-state index contributed by atoms with van der Waals surface area (Å²) in [5.74, 6) is -0.276. The summed E-state index contributed by atoms with van der Waals surface area (Å²) in [4.78, 5) is 29.8. The van der Waals surface area contributed by atoms with Crippen molar-refractivity contribution in [3.63, 3.8) is 0 Å². The maximum absolute atomic E-state index is 14.5. The minimum Gasteiger partial charge on any atom is -0.497 e. The first kappa shape index (κ1) is 33.6. The molecular weight excluding hydrogens is 610 g/mol. The van der Waals surface area contributed by atoms with E-state index in [1.54, 1.807) is 60.7 Å². The molecule has 0 spiro atoms. The minimum absolute atomic E-state index is 0.0255. The molecule has 236 valence electrons. The van der Waals surface area contributed by atoms with Crippen LogP contribution in [0.5, 0.6) is 5.75 Å². The van der Waals surface area contributed by atoms with E-state index in [4.69, 9.17) is 16.3 Å². The number of nitrogens with zero attached hydrogens (tertiary/aromatic N) is 2. The molecule has 0 radical (unpaired) electrons. The van der Waals surface area contributed by atoms with Gasteiger partial charge in [-0.25, -0.2) is 8.42 Å². The van der Waals surface area contributed by atoms with Gasteiger partial charge in [-0.2, -0.15) is 0 Å². The Balaban J connectivity index is 1.80. The summed E-state index contributed by atoms with van der Waals surface area (Å²) in [5.41, 5.74) is 1.80. The normalized spacial score (nSPS) is 11.9. The summed E-state index contributed by atoms with van der Waals surface area (Å²) in [7, 11) is -2.72. The molecule has 0 fully saturated rings. The summed E-state index contributed by atoms with van der Waals surface area (Å²) in [6.07, 6.45) is 0.224. The fourth-order valence-electron chi connectivity index (χ4n) is 4.82. The summed E-state index contributed by atoms with van der Waals surface area (Å²) in [5, 5.41) is 3.46. The third kappa shape index (κ3) is 9.09. The predicted molar refractivity (Wildman–Crippen MR) is 178 cm³/mol. The average molecular weight is 648 g/mol. The van der Waals surface area contributed by atoms with Crippen LogP contribution in [0.1, 0.15) is 25.0 Å². The summed E-state index contributed by atoms with van der Waals surface area (Å²) >= 11 is 6.30. The van der Waals surface area contributed by atoms with Gasteiger partial charge >= 0.3 is 0 Å².